The van der Waals surface area contributed by atoms with E-state index in [1.807, 2.05) is 25.1 Å². The van der Waals surface area contributed by atoms with Crippen LogP contribution >= 0.6 is 0 Å². The summed E-state index contributed by atoms with van der Waals surface area (Å²) in [5, 5.41) is 9.29. The lowest BCUT2D eigenvalue weighted by Crippen LogP contribution is -2.37. The van der Waals surface area contributed by atoms with Gasteiger partial charge in [-0.05, 0) is 37.5 Å². The predicted octanol–water partition coefficient (Wildman–Crippen LogP) is 2.21. The second-order valence-corrected chi connectivity index (χ2v) is 6.67. The SMILES string of the molecule is COc1ccc(CC(C)C(=O)N2CCC(C)(C(=O)O)C2)cc1OC. The second-order valence-electron chi connectivity index (χ2n) is 6.67. The Labute approximate surface area is 142 Å². The number of carbonyl (C=O) groups is 2. The molecule has 1 N–H and O–H groups in total. The van der Waals surface area contributed by atoms with E-state index in [-0.39, 0.29) is 18.4 Å². The van der Waals surface area contributed by atoms with Crippen LogP contribution in [0.15, 0.2) is 18.2 Å². The van der Waals surface area contributed by atoms with Crippen LogP contribution in [0.25, 0.3) is 0 Å². The highest BCUT2D eigenvalue weighted by atomic mass is 16.5. The van der Waals surface area contributed by atoms with Gasteiger partial charge in [0, 0.05) is 19.0 Å². The smallest absolute Gasteiger partial charge is 0.311 e. The van der Waals surface area contributed by atoms with Crippen molar-refractivity contribution in [3.8, 4) is 11.5 Å². The summed E-state index contributed by atoms with van der Waals surface area (Å²) in [5.74, 6) is 0.214. The Bertz CT molecular complexity index is 630. The Morgan fingerprint density at radius 2 is 1.96 bits per heavy atom. The number of amides is 1. The van der Waals surface area contributed by atoms with Crippen molar-refractivity contribution >= 4 is 11.9 Å². The van der Waals surface area contributed by atoms with Gasteiger partial charge >= 0.3 is 5.97 Å². The first-order valence-corrected chi connectivity index (χ1v) is 8.04. The summed E-state index contributed by atoms with van der Waals surface area (Å²) in [6.07, 6.45) is 1.07. The molecule has 0 saturated carbocycles. The molecule has 0 spiro atoms. The molecule has 132 valence electrons. The topological polar surface area (TPSA) is 76.1 Å². The van der Waals surface area contributed by atoms with Crippen LogP contribution in [0.5, 0.6) is 11.5 Å². The van der Waals surface area contributed by atoms with Crippen molar-refractivity contribution in [2.45, 2.75) is 26.7 Å². The summed E-state index contributed by atoms with van der Waals surface area (Å²) >= 11 is 0. The van der Waals surface area contributed by atoms with Crippen LogP contribution in [0.2, 0.25) is 0 Å². The maximum absolute atomic E-state index is 12.6. The van der Waals surface area contributed by atoms with Crippen LogP contribution in [-0.2, 0) is 16.0 Å². The summed E-state index contributed by atoms with van der Waals surface area (Å²) in [6.45, 7) is 4.34. The molecule has 6 nitrogen and oxygen atoms in total. The van der Waals surface area contributed by atoms with Gasteiger partial charge in [-0.3, -0.25) is 9.59 Å². The van der Waals surface area contributed by atoms with Crippen LogP contribution in [0.4, 0.5) is 0 Å². The molecular weight excluding hydrogens is 310 g/mol. The average molecular weight is 335 g/mol. The van der Waals surface area contributed by atoms with E-state index in [1.54, 1.807) is 26.0 Å². The minimum Gasteiger partial charge on any atom is -0.493 e. The molecule has 0 aromatic heterocycles. The molecule has 1 aromatic carbocycles. The number of methoxy groups -OCH3 is 2. The van der Waals surface area contributed by atoms with Gasteiger partial charge in [0.15, 0.2) is 11.5 Å². The first-order chi connectivity index (χ1) is 11.3. The first-order valence-electron chi connectivity index (χ1n) is 8.04. The van der Waals surface area contributed by atoms with Crippen molar-refractivity contribution in [2.24, 2.45) is 11.3 Å². The minimum absolute atomic E-state index is 0.00485. The molecule has 1 aliphatic rings. The molecular formula is C18H25NO5. The molecule has 6 heteroatoms. The molecule has 1 aromatic rings. The second kappa shape index (κ2) is 7.11. The van der Waals surface area contributed by atoms with Crippen molar-refractivity contribution in [2.75, 3.05) is 27.3 Å². The van der Waals surface area contributed by atoms with Gasteiger partial charge in [-0.25, -0.2) is 0 Å². The third-order valence-electron chi connectivity index (χ3n) is 4.71. The monoisotopic (exact) mass is 335 g/mol. The van der Waals surface area contributed by atoms with Crippen LogP contribution in [0.3, 0.4) is 0 Å². The molecule has 1 amide bonds. The van der Waals surface area contributed by atoms with Crippen molar-refractivity contribution in [1.29, 1.82) is 0 Å². The number of carboxylic acids is 1. The predicted molar refractivity (Wildman–Crippen MR) is 89.4 cm³/mol. The molecule has 2 atom stereocenters. The Hall–Kier alpha value is -2.24. The summed E-state index contributed by atoms with van der Waals surface area (Å²) < 4.78 is 10.5. The summed E-state index contributed by atoms with van der Waals surface area (Å²) in [4.78, 5) is 25.6. The number of carboxylic acid groups (broad SMARTS) is 1. The first kappa shape index (κ1) is 18.1. The van der Waals surface area contributed by atoms with E-state index in [1.165, 1.54) is 0 Å². The van der Waals surface area contributed by atoms with E-state index in [2.05, 4.69) is 0 Å². The van der Waals surface area contributed by atoms with Crippen LogP contribution in [-0.4, -0.2) is 49.2 Å². The van der Waals surface area contributed by atoms with Gasteiger partial charge in [-0.15, -0.1) is 0 Å². The lowest BCUT2D eigenvalue weighted by molar-refractivity contribution is -0.147. The largest absolute Gasteiger partial charge is 0.493 e. The number of hydrogen-bond acceptors (Lipinski definition) is 4. The third kappa shape index (κ3) is 3.63. The van der Waals surface area contributed by atoms with E-state index in [0.717, 1.165) is 5.56 Å². The molecule has 1 heterocycles. The number of likely N-dealkylation sites (tertiary alicyclic amines) is 1. The Morgan fingerprint density at radius 3 is 2.50 bits per heavy atom. The zero-order valence-electron chi connectivity index (χ0n) is 14.7. The van der Waals surface area contributed by atoms with Crippen molar-refractivity contribution < 1.29 is 24.2 Å². The van der Waals surface area contributed by atoms with E-state index in [0.29, 0.717) is 30.9 Å². The van der Waals surface area contributed by atoms with E-state index < -0.39 is 11.4 Å². The quantitative estimate of drug-likeness (QED) is 0.862. The number of carbonyl (C=O) groups excluding carboxylic acids is 1. The molecule has 2 unspecified atom stereocenters. The Morgan fingerprint density at radius 1 is 1.29 bits per heavy atom. The molecule has 0 bridgehead atoms. The normalized spacial score (nSPS) is 21.4. The highest BCUT2D eigenvalue weighted by molar-refractivity contribution is 5.82. The molecule has 0 aliphatic carbocycles. The van der Waals surface area contributed by atoms with Gasteiger partial charge in [0.2, 0.25) is 5.91 Å². The number of hydrogen-bond donors (Lipinski definition) is 1. The van der Waals surface area contributed by atoms with E-state index in [9.17, 15) is 14.7 Å². The fourth-order valence-electron chi connectivity index (χ4n) is 3.08. The number of rotatable bonds is 6. The molecule has 1 saturated heterocycles. The fourth-order valence-corrected chi connectivity index (χ4v) is 3.08. The van der Waals surface area contributed by atoms with Crippen LogP contribution in [0.1, 0.15) is 25.8 Å². The van der Waals surface area contributed by atoms with E-state index >= 15 is 0 Å². The van der Waals surface area contributed by atoms with E-state index in [4.69, 9.17) is 9.47 Å². The lowest BCUT2D eigenvalue weighted by atomic mass is 9.90. The highest BCUT2D eigenvalue weighted by Crippen LogP contribution is 2.32. The number of ether oxygens (including phenoxy) is 2. The third-order valence-corrected chi connectivity index (χ3v) is 4.71. The summed E-state index contributed by atoms with van der Waals surface area (Å²) in [7, 11) is 3.16. The maximum Gasteiger partial charge on any atom is 0.311 e. The highest BCUT2D eigenvalue weighted by Gasteiger charge is 2.42. The maximum atomic E-state index is 12.6. The molecule has 24 heavy (non-hydrogen) atoms. The molecule has 0 radical (unpaired) electrons. The lowest BCUT2D eigenvalue weighted by Gasteiger charge is -2.23. The summed E-state index contributed by atoms with van der Waals surface area (Å²) in [5.41, 5.74) is 0.146. The molecule has 1 aliphatic heterocycles. The van der Waals surface area contributed by atoms with Gasteiger partial charge in [-0.2, -0.15) is 0 Å². The number of aliphatic carboxylic acids is 1. The Kier molecular flexibility index (Phi) is 5.36. The number of benzene rings is 1. The van der Waals surface area contributed by atoms with Gasteiger partial charge in [-0.1, -0.05) is 13.0 Å². The Balaban J connectivity index is 2.03. The van der Waals surface area contributed by atoms with Gasteiger partial charge in [0.25, 0.3) is 0 Å². The zero-order valence-corrected chi connectivity index (χ0v) is 14.7. The number of nitrogens with zero attached hydrogens (tertiary/aromatic N) is 1. The standard InChI is InChI=1S/C18H25NO5/c1-12(9-13-5-6-14(23-3)15(10-13)24-4)16(20)19-8-7-18(2,11-19)17(21)22/h5-6,10,12H,7-9,11H2,1-4H3,(H,21,22). The minimum atomic E-state index is -0.842. The average Bonchev–Trinajstić information content (AvgIpc) is 2.97. The van der Waals surface area contributed by atoms with Gasteiger partial charge in [0.05, 0.1) is 19.6 Å². The fraction of sp³-hybridized carbons (Fsp3) is 0.556. The van der Waals surface area contributed by atoms with Crippen molar-refractivity contribution in [1.82, 2.24) is 4.90 Å². The van der Waals surface area contributed by atoms with Crippen molar-refractivity contribution in [3.05, 3.63) is 23.8 Å². The molecule has 1 fully saturated rings. The van der Waals surface area contributed by atoms with Crippen LogP contribution < -0.4 is 9.47 Å². The van der Waals surface area contributed by atoms with Crippen LogP contribution in [0, 0.1) is 11.3 Å². The zero-order chi connectivity index (χ0) is 17.9. The van der Waals surface area contributed by atoms with Crippen molar-refractivity contribution in [3.63, 3.8) is 0 Å². The molecule has 2 rings (SSSR count). The van der Waals surface area contributed by atoms with Gasteiger partial charge in [0.1, 0.15) is 0 Å². The summed E-state index contributed by atoms with van der Waals surface area (Å²) in [6, 6.07) is 5.60. The van der Waals surface area contributed by atoms with Gasteiger partial charge < -0.3 is 19.5 Å².